The van der Waals surface area contributed by atoms with Crippen LogP contribution in [-0.4, -0.2) is 18.9 Å². The summed E-state index contributed by atoms with van der Waals surface area (Å²) in [5.41, 5.74) is 0.573. The minimum absolute atomic E-state index is 0.0615. The van der Waals surface area contributed by atoms with Gasteiger partial charge in [0.15, 0.2) is 0 Å². The van der Waals surface area contributed by atoms with Gasteiger partial charge in [0.25, 0.3) is 0 Å². The molecule has 0 radical (unpaired) electrons. The molecule has 108 valence electrons. The van der Waals surface area contributed by atoms with Crippen LogP contribution < -0.4 is 9.64 Å². The van der Waals surface area contributed by atoms with E-state index in [1.807, 2.05) is 12.1 Å². The van der Waals surface area contributed by atoms with E-state index < -0.39 is 0 Å². The number of hydrogen-bond donors (Lipinski definition) is 0. The molecule has 4 heteroatoms. The molecule has 0 N–H and O–H groups in total. The van der Waals surface area contributed by atoms with E-state index in [-0.39, 0.29) is 35.5 Å². The smallest absolute Gasteiger partial charge is 0.238 e. The maximum atomic E-state index is 12.8. The van der Waals surface area contributed by atoms with Crippen LogP contribution in [0.2, 0.25) is 0 Å². The number of fused-ring (bicyclic) bond motifs is 1. The molecule has 1 saturated heterocycles. The molecule has 2 bridgehead atoms. The second kappa shape index (κ2) is 4.45. The zero-order chi connectivity index (χ0) is 14.6. The number of nitrogens with zero attached hydrogens (tertiary/aromatic N) is 1. The zero-order valence-corrected chi connectivity index (χ0v) is 11.9. The summed E-state index contributed by atoms with van der Waals surface area (Å²) in [5.74, 6) is 0.532. The van der Waals surface area contributed by atoms with E-state index >= 15 is 0 Å². The summed E-state index contributed by atoms with van der Waals surface area (Å²) in [5, 5.41) is 0. The fourth-order valence-corrected chi connectivity index (χ4v) is 4.13. The van der Waals surface area contributed by atoms with Gasteiger partial charge >= 0.3 is 0 Å². The summed E-state index contributed by atoms with van der Waals surface area (Å²) in [6, 6.07) is 7.23. The summed E-state index contributed by atoms with van der Waals surface area (Å²) in [4.78, 5) is 27.0. The van der Waals surface area contributed by atoms with Crippen molar-refractivity contribution in [3.05, 3.63) is 36.4 Å². The lowest BCUT2D eigenvalue weighted by Crippen LogP contribution is -2.38. The van der Waals surface area contributed by atoms with Crippen LogP contribution in [0.3, 0.4) is 0 Å². The summed E-state index contributed by atoms with van der Waals surface area (Å²) >= 11 is 0. The van der Waals surface area contributed by atoms with Gasteiger partial charge in [-0.25, -0.2) is 4.90 Å². The van der Waals surface area contributed by atoms with E-state index in [9.17, 15) is 9.59 Å². The first-order valence-electron chi connectivity index (χ1n) is 7.41. The van der Waals surface area contributed by atoms with Gasteiger partial charge in [0.1, 0.15) is 5.75 Å². The van der Waals surface area contributed by atoms with Crippen molar-refractivity contribution in [3.63, 3.8) is 0 Å². The van der Waals surface area contributed by atoms with Crippen molar-refractivity contribution < 1.29 is 14.3 Å². The standard InChI is InChI=1S/C17H17NO3/c1-21-13-5-3-2-4-12(13)18-16(19)14-10-6-7-11(9-8-10)15(14)17(18)20/h2-7,10-11,14-15H,8-9H2,1H3/t10-,11-,14-,15+/m0/s1. The van der Waals surface area contributed by atoms with E-state index in [0.717, 1.165) is 12.8 Å². The van der Waals surface area contributed by atoms with Gasteiger partial charge in [0.2, 0.25) is 11.8 Å². The molecule has 1 aliphatic heterocycles. The molecule has 1 aromatic rings. The average Bonchev–Trinajstić information content (AvgIpc) is 2.82. The predicted molar refractivity (Wildman–Crippen MR) is 77.8 cm³/mol. The van der Waals surface area contributed by atoms with Gasteiger partial charge in [-0.3, -0.25) is 9.59 Å². The van der Waals surface area contributed by atoms with Crippen molar-refractivity contribution in [1.29, 1.82) is 0 Å². The molecule has 0 spiro atoms. The van der Waals surface area contributed by atoms with Gasteiger partial charge in [-0.15, -0.1) is 0 Å². The zero-order valence-electron chi connectivity index (χ0n) is 11.9. The summed E-state index contributed by atoms with van der Waals surface area (Å²) in [6.07, 6.45) is 6.29. The minimum atomic E-state index is -0.175. The minimum Gasteiger partial charge on any atom is -0.495 e. The number of methoxy groups -OCH3 is 1. The Labute approximate surface area is 123 Å². The lowest BCUT2D eigenvalue weighted by atomic mass is 9.63. The number of amides is 2. The summed E-state index contributed by atoms with van der Waals surface area (Å²) in [6.45, 7) is 0. The number of carbonyl (C=O) groups excluding carboxylic acids is 2. The van der Waals surface area contributed by atoms with E-state index in [4.69, 9.17) is 4.74 Å². The molecular weight excluding hydrogens is 266 g/mol. The van der Waals surface area contributed by atoms with Crippen molar-refractivity contribution in [2.24, 2.45) is 23.7 Å². The van der Waals surface area contributed by atoms with Crippen molar-refractivity contribution in [2.75, 3.05) is 12.0 Å². The maximum absolute atomic E-state index is 12.8. The predicted octanol–water partition coefficient (Wildman–Crippen LogP) is 2.40. The number of imide groups is 1. The summed E-state index contributed by atoms with van der Waals surface area (Å²) in [7, 11) is 1.56. The van der Waals surface area contributed by atoms with Crippen LogP contribution in [0.4, 0.5) is 5.69 Å². The molecule has 4 aliphatic rings. The van der Waals surface area contributed by atoms with Crippen LogP contribution >= 0.6 is 0 Å². The number of ether oxygens (including phenoxy) is 1. The first-order chi connectivity index (χ1) is 10.2. The number of rotatable bonds is 2. The Hall–Kier alpha value is -2.10. The maximum Gasteiger partial charge on any atom is 0.238 e. The molecule has 5 rings (SSSR count). The van der Waals surface area contributed by atoms with Crippen LogP contribution in [0.1, 0.15) is 12.8 Å². The Bertz CT molecular complexity index is 619. The molecule has 1 heterocycles. The highest BCUT2D eigenvalue weighted by atomic mass is 16.5. The Kier molecular flexibility index (Phi) is 2.67. The first kappa shape index (κ1) is 12.6. The molecule has 0 unspecified atom stereocenters. The van der Waals surface area contributed by atoms with E-state index in [2.05, 4.69) is 12.2 Å². The lowest BCUT2D eigenvalue weighted by molar-refractivity contribution is -0.124. The monoisotopic (exact) mass is 283 g/mol. The Morgan fingerprint density at radius 1 is 1.00 bits per heavy atom. The van der Waals surface area contributed by atoms with Gasteiger partial charge in [0, 0.05) is 0 Å². The number of para-hydroxylation sites is 2. The summed E-state index contributed by atoms with van der Waals surface area (Å²) < 4.78 is 5.32. The third-order valence-corrected chi connectivity index (χ3v) is 5.09. The fraction of sp³-hybridized carbons (Fsp3) is 0.412. The Morgan fingerprint density at radius 2 is 1.57 bits per heavy atom. The van der Waals surface area contributed by atoms with Crippen molar-refractivity contribution in [3.8, 4) is 5.75 Å². The van der Waals surface area contributed by atoms with Crippen LogP contribution in [-0.2, 0) is 9.59 Å². The topological polar surface area (TPSA) is 46.6 Å². The molecule has 4 nitrogen and oxygen atoms in total. The molecule has 21 heavy (non-hydrogen) atoms. The molecule has 1 aromatic carbocycles. The fourth-order valence-electron chi connectivity index (χ4n) is 4.13. The van der Waals surface area contributed by atoms with E-state index in [1.54, 1.807) is 19.2 Å². The molecule has 0 aromatic heterocycles. The van der Waals surface area contributed by atoms with Crippen LogP contribution in [0.5, 0.6) is 5.75 Å². The molecule has 3 aliphatic carbocycles. The molecular formula is C17H17NO3. The number of anilines is 1. The second-order valence-electron chi connectivity index (χ2n) is 6.03. The molecule has 4 atom stereocenters. The number of carbonyl (C=O) groups is 2. The average molecular weight is 283 g/mol. The van der Waals surface area contributed by atoms with Gasteiger partial charge in [-0.05, 0) is 36.8 Å². The van der Waals surface area contributed by atoms with Crippen molar-refractivity contribution >= 4 is 17.5 Å². The SMILES string of the molecule is COc1ccccc1N1C(=O)[C@@H]2[C@H](C1=O)[C@H]1C=C[C@H]2CC1. The van der Waals surface area contributed by atoms with Gasteiger partial charge < -0.3 is 4.74 Å². The number of allylic oxidation sites excluding steroid dienone is 2. The van der Waals surface area contributed by atoms with Crippen molar-refractivity contribution in [1.82, 2.24) is 0 Å². The number of hydrogen-bond acceptors (Lipinski definition) is 3. The third kappa shape index (κ3) is 1.62. The van der Waals surface area contributed by atoms with Gasteiger partial charge in [-0.1, -0.05) is 24.3 Å². The van der Waals surface area contributed by atoms with Crippen LogP contribution in [0, 0.1) is 23.7 Å². The Morgan fingerprint density at radius 3 is 2.10 bits per heavy atom. The third-order valence-electron chi connectivity index (χ3n) is 5.09. The lowest BCUT2D eigenvalue weighted by Gasteiger charge is -2.38. The molecule has 2 amide bonds. The molecule has 1 saturated carbocycles. The largest absolute Gasteiger partial charge is 0.495 e. The Balaban J connectivity index is 1.79. The molecule has 2 fully saturated rings. The highest BCUT2D eigenvalue weighted by molar-refractivity contribution is 6.23. The van der Waals surface area contributed by atoms with E-state index in [1.165, 1.54) is 4.90 Å². The van der Waals surface area contributed by atoms with Gasteiger partial charge in [-0.2, -0.15) is 0 Å². The van der Waals surface area contributed by atoms with Crippen LogP contribution in [0.25, 0.3) is 0 Å². The highest BCUT2D eigenvalue weighted by Gasteiger charge is 2.57. The quantitative estimate of drug-likeness (QED) is 0.618. The normalized spacial score (nSPS) is 33.5. The van der Waals surface area contributed by atoms with E-state index in [0.29, 0.717) is 11.4 Å². The van der Waals surface area contributed by atoms with Crippen LogP contribution in [0.15, 0.2) is 36.4 Å². The van der Waals surface area contributed by atoms with Crippen molar-refractivity contribution in [2.45, 2.75) is 12.8 Å². The highest BCUT2D eigenvalue weighted by Crippen LogP contribution is 2.51. The number of benzene rings is 1. The first-order valence-corrected chi connectivity index (χ1v) is 7.41. The van der Waals surface area contributed by atoms with Gasteiger partial charge in [0.05, 0.1) is 24.6 Å². The second-order valence-corrected chi connectivity index (χ2v) is 6.03.